The van der Waals surface area contributed by atoms with Gasteiger partial charge in [0, 0.05) is 12.5 Å². The Hall–Kier alpha value is -2.38. The molecule has 0 aromatic heterocycles. The zero-order chi connectivity index (χ0) is 29.7. The average molecular weight is 571 g/mol. The molecule has 216 valence electrons. The van der Waals surface area contributed by atoms with Gasteiger partial charge in [-0.05, 0) is 49.2 Å². The molecule has 1 rings (SSSR count). The molecular weight excluding hydrogens is 521 g/mol. The van der Waals surface area contributed by atoms with Gasteiger partial charge in [0.1, 0.15) is 19.9 Å². The maximum absolute atomic E-state index is 12.6. The van der Waals surface area contributed by atoms with Crippen LogP contribution in [0.15, 0.2) is 60.7 Å². The van der Waals surface area contributed by atoms with E-state index in [1.165, 1.54) is 6.08 Å². The molecule has 0 N–H and O–H groups in total. The summed E-state index contributed by atoms with van der Waals surface area (Å²) in [6, 6.07) is 7.70. The number of ether oxygens (including phenoxy) is 3. The van der Waals surface area contributed by atoms with Crippen molar-refractivity contribution in [3.05, 3.63) is 66.3 Å². The normalized spacial score (nSPS) is 14.4. The van der Waals surface area contributed by atoms with Crippen molar-refractivity contribution in [1.82, 2.24) is 0 Å². The zero-order valence-electron chi connectivity index (χ0n) is 25.9. The van der Waals surface area contributed by atoms with E-state index in [1.54, 1.807) is 13.2 Å². The first kappa shape index (κ1) is 34.7. The van der Waals surface area contributed by atoms with E-state index >= 15 is 0 Å². The number of carbonyl (C=O) groups excluding carboxylic acids is 1. The van der Waals surface area contributed by atoms with Crippen molar-refractivity contribution < 1.29 is 23.4 Å². The van der Waals surface area contributed by atoms with Gasteiger partial charge in [0.25, 0.3) is 0 Å². The van der Waals surface area contributed by atoms with Gasteiger partial charge in [-0.15, -0.1) is 18.0 Å². The molecule has 0 spiro atoms. The lowest BCUT2D eigenvalue weighted by Gasteiger charge is -2.38. The molecule has 0 saturated carbocycles. The molecule has 1 aromatic rings. The van der Waals surface area contributed by atoms with Crippen molar-refractivity contribution in [2.45, 2.75) is 97.1 Å². The molecule has 0 aliphatic rings. The largest absolute Gasteiger partial charge is 0.497 e. The number of allylic oxidation sites excluding steroid dienone is 2. The molecule has 0 heterocycles. The van der Waals surface area contributed by atoms with Crippen molar-refractivity contribution in [3.63, 3.8) is 0 Å². The third kappa shape index (κ3) is 14.5. The first-order valence-corrected chi connectivity index (χ1v) is 20.0. The number of benzene rings is 1. The molecule has 7 heteroatoms. The van der Waals surface area contributed by atoms with Crippen molar-refractivity contribution in [1.29, 1.82) is 0 Å². The highest BCUT2D eigenvalue weighted by Crippen LogP contribution is 2.38. The molecule has 39 heavy (non-hydrogen) atoms. The lowest BCUT2D eigenvalue weighted by atomic mass is 10.1. The third-order valence-corrected chi connectivity index (χ3v) is 11.9. The second-order valence-electron chi connectivity index (χ2n) is 12.4. The first-order valence-electron chi connectivity index (χ1n) is 13.6. The van der Waals surface area contributed by atoms with Gasteiger partial charge in [-0.2, -0.15) is 0 Å². The molecule has 0 radical (unpaired) electrons. The van der Waals surface area contributed by atoms with Crippen molar-refractivity contribution in [2.24, 2.45) is 0 Å². The van der Waals surface area contributed by atoms with E-state index in [1.807, 2.05) is 43.3 Å². The molecule has 2 atom stereocenters. The van der Waals surface area contributed by atoms with Gasteiger partial charge in [-0.1, -0.05) is 76.3 Å². The van der Waals surface area contributed by atoms with Crippen LogP contribution in [0.5, 0.6) is 5.75 Å². The number of hydrogen-bond donors (Lipinski definition) is 0. The molecule has 0 fully saturated rings. The summed E-state index contributed by atoms with van der Waals surface area (Å²) in [4.78, 5) is 12.6. The maximum atomic E-state index is 12.6. The van der Waals surface area contributed by atoms with Gasteiger partial charge in [0.15, 0.2) is 8.32 Å². The summed E-state index contributed by atoms with van der Waals surface area (Å²) in [6.45, 7) is 24.4. The Morgan fingerprint density at radius 1 is 1.10 bits per heavy atom. The lowest BCUT2D eigenvalue weighted by Crippen LogP contribution is -2.43. The fraction of sp³-hybridized carbons (Fsp3) is 0.531. The van der Waals surface area contributed by atoms with Crippen molar-refractivity contribution in [3.8, 4) is 17.2 Å². The summed E-state index contributed by atoms with van der Waals surface area (Å²) in [5, 5.41) is 0.129. The Labute approximate surface area is 239 Å². The van der Waals surface area contributed by atoms with Gasteiger partial charge >= 0.3 is 5.97 Å². The lowest BCUT2D eigenvalue weighted by molar-refractivity contribution is -0.146. The monoisotopic (exact) mass is 570 g/mol. The Morgan fingerprint density at radius 2 is 1.74 bits per heavy atom. The zero-order valence-corrected chi connectivity index (χ0v) is 27.9. The maximum Gasteiger partial charge on any atom is 0.331 e. The Kier molecular flexibility index (Phi) is 14.2. The van der Waals surface area contributed by atoms with E-state index in [2.05, 4.69) is 71.5 Å². The van der Waals surface area contributed by atoms with Crippen molar-refractivity contribution in [2.75, 3.05) is 13.7 Å². The molecule has 0 aliphatic carbocycles. The predicted molar refractivity (Wildman–Crippen MR) is 168 cm³/mol. The van der Waals surface area contributed by atoms with Crippen LogP contribution in [0.4, 0.5) is 0 Å². The van der Waals surface area contributed by atoms with Crippen LogP contribution in [0.25, 0.3) is 0 Å². The smallest absolute Gasteiger partial charge is 0.331 e. The van der Waals surface area contributed by atoms with Gasteiger partial charge in [0.05, 0.1) is 26.4 Å². The topological polar surface area (TPSA) is 54.0 Å². The van der Waals surface area contributed by atoms with Gasteiger partial charge < -0.3 is 18.6 Å². The number of rotatable bonds is 14. The number of esters is 1. The van der Waals surface area contributed by atoms with Gasteiger partial charge in [0.2, 0.25) is 0 Å². The van der Waals surface area contributed by atoms with E-state index in [9.17, 15) is 4.79 Å². The molecule has 0 aliphatic heterocycles. The Balaban J connectivity index is 2.75. The first-order chi connectivity index (χ1) is 18.1. The van der Waals surface area contributed by atoms with E-state index in [0.717, 1.165) is 23.3 Å². The molecule has 1 aromatic carbocycles. The van der Waals surface area contributed by atoms with Gasteiger partial charge in [-0.3, -0.25) is 0 Å². The van der Waals surface area contributed by atoms with Crippen LogP contribution in [-0.4, -0.2) is 48.3 Å². The predicted octanol–water partition coefficient (Wildman–Crippen LogP) is 7.86. The fourth-order valence-corrected chi connectivity index (χ4v) is 5.13. The summed E-state index contributed by atoms with van der Waals surface area (Å²) in [5.41, 5.74) is 5.46. The van der Waals surface area contributed by atoms with E-state index < -0.39 is 28.5 Å². The summed E-state index contributed by atoms with van der Waals surface area (Å²) >= 11 is 0. The van der Waals surface area contributed by atoms with Crippen LogP contribution in [-0.2, 0) is 25.3 Å². The molecule has 5 nitrogen and oxygen atoms in total. The third-order valence-electron chi connectivity index (χ3n) is 6.46. The average Bonchev–Trinajstić information content (AvgIpc) is 2.82. The van der Waals surface area contributed by atoms with Crippen LogP contribution in [0.2, 0.25) is 37.8 Å². The molecule has 0 saturated heterocycles. The highest BCUT2D eigenvalue weighted by molar-refractivity contribution is 6.83. The second-order valence-corrected chi connectivity index (χ2v) is 21.9. The van der Waals surface area contributed by atoms with Crippen LogP contribution in [0.1, 0.15) is 46.1 Å². The minimum Gasteiger partial charge on any atom is -0.497 e. The highest BCUT2D eigenvalue weighted by atomic mass is 28.4. The summed E-state index contributed by atoms with van der Waals surface area (Å²) in [6.07, 6.45) is 7.63. The molecule has 0 amide bonds. The summed E-state index contributed by atoms with van der Waals surface area (Å²) in [5.74, 6) is 3.59. The summed E-state index contributed by atoms with van der Waals surface area (Å²) in [7, 11) is -1.79. The second kappa shape index (κ2) is 16.0. The van der Waals surface area contributed by atoms with Gasteiger partial charge in [-0.25, -0.2) is 4.79 Å². The highest BCUT2D eigenvalue weighted by Gasteiger charge is 2.38. The number of carbonyl (C=O) groups is 1. The SMILES string of the molecule is C=CC(C/C(C)=C/C=C/C(=O)OC(CC#C[Si](C)(C)C)COCc1ccc(OC)cc1)O[Si](C)(C)C(C)(C)C. The minimum atomic E-state index is -1.90. The summed E-state index contributed by atoms with van der Waals surface area (Å²) < 4.78 is 23.3. The molecule has 0 bridgehead atoms. The van der Waals surface area contributed by atoms with Crippen LogP contribution >= 0.6 is 0 Å². The number of hydrogen-bond acceptors (Lipinski definition) is 5. The Bertz CT molecular complexity index is 1030. The van der Waals surface area contributed by atoms with E-state index in [4.69, 9.17) is 18.6 Å². The van der Waals surface area contributed by atoms with Crippen LogP contribution < -0.4 is 4.74 Å². The minimum absolute atomic E-state index is 0.0559. The van der Waals surface area contributed by atoms with Crippen molar-refractivity contribution >= 4 is 22.4 Å². The Morgan fingerprint density at radius 3 is 2.28 bits per heavy atom. The van der Waals surface area contributed by atoms with Crippen LogP contribution in [0.3, 0.4) is 0 Å². The van der Waals surface area contributed by atoms with Crippen LogP contribution in [0, 0.1) is 11.5 Å². The molecular formula is C32H50O5Si2. The van der Waals surface area contributed by atoms with E-state index in [-0.39, 0.29) is 17.7 Å². The fourth-order valence-electron chi connectivity index (χ4n) is 3.20. The standard InChI is InChI=1S/C32H50O5Si2/c1-12-28(37-39(10,11)32(3,4)5)23-26(2)15-13-17-31(33)36-30(16-14-22-38(7,8)9)25-35-24-27-18-20-29(34-6)21-19-27/h12-13,15,17-21,28,30H,1,16,23-25H2,2-11H3/b17-13+,26-15+. The quantitative estimate of drug-likeness (QED) is 0.0569. The molecule has 2 unspecified atom stereocenters. The number of methoxy groups -OCH3 is 1. The van der Waals surface area contributed by atoms with E-state index in [0.29, 0.717) is 13.0 Å².